The molecule has 1 fully saturated rings. The third kappa shape index (κ3) is 7.45. The Morgan fingerprint density at radius 3 is 2.20 bits per heavy atom. The summed E-state index contributed by atoms with van der Waals surface area (Å²) >= 11 is 6.22. The summed E-state index contributed by atoms with van der Waals surface area (Å²) in [5.74, 6) is 0.369. The molecule has 1 amide bonds. The van der Waals surface area contributed by atoms with Gasteiger partial charge in [0.05, 0.1) is 21.9 Å². The van der Waals surface area contributed by atoms with E-state index in [-0.39, 0.29) is 33.1 Å². The standard InChI is InChI=1S/C27H30ClN3O7S2/c1-37-22-8-6-21(7-9-22)30-39(33,34)24-12-13-26(25(28)18-24)38-19-27(32)29-15-14-20-4-10-23(11-5-20)40(35,36)31-16-2-3-17-31/h4-13,18,30H,2-3,14-17,19H2,1H3,(H,29,32). The summed E-state index contributed by atoms with van der Waals surface area (Å²) in [5.41, 5.74) is 1.24. The number of amides is 1. The Labute approximate surface area is 239 Å². The highest BCUT2D eigenvalue weighted by Gasteiger charge is 2.26. The van der Waals surface area contributed by atoms with Crippen LogP contribution in [0, 0.1) is 0 Å². The van der Waals surface area contributed by atoms with E-state index in [1.807, 2.05) is 0 Å². The molecule has 0 unspecified atom stereocenters. The van der Waals surface area contributed by atoms with E-state index < -0.39 is 20.0 Å². The Balaban J connectivity index is 1.24. The van der Waals surface area contributed by atoms with Crippen LogP contribution in [0.1, 0.15) is 18.4 Å². The molecule has 1 aliphatic rings. The Hall–Kier alpha value is -3.32. The van der Waals surface area contributed by atoms with Crippen molar-refractivity contribution in [3.63, 3.8) is 0 Å². The molecule has 10 nitrogen and oxygen atoms in total. The van der Waals surface area contributed by atoms with Gasteiger partial charge in [0, 0.05) is 25.3 Å². The molecule has 4 rings (SSSR count). The van der Waals surface area contributed by atoms with Gasteiger partial charge in [0.1, 0.15) is 11.5 Å². The first-order valence-corrected chi connectivity index (χ1v) is 15.8. The lowest BCUT2D eigenvalue weighted by Crippen LogP contribution is -2.30. The number of nitrogens with one attached hydrogen (secondary N) is 2. The first-order chi connectivity index (χ1) is 19.1. The molecule has 0 saturated carbocycles. The number of ether oxygens (including phenoxy) is 2. The Kier molecular flexibility index (Phi) is 9.56. The van der Waals surface area contributed by atoms with Crippen molar-refractivity contribution in [3.8, 4) is 11.5 Å². The van der Waals surface area contributed by atoms with Crippen LogP contribution in [0.25, 0.3) is 0 Å². The molecule has 0 aromatic heterocycles. The van der Waals surface area contributed by atoms with Crippen molar-refractivity contribution in [2.75, 3.05) is 38.1 Å². The van der Waals surface area contributed by atoms with Crippen molar-refractivity contribution >= 4 is 43.2 Å². The fourth-order valence-electron chi connectivity index (χ4n) is 4.09. The summed E-state index contributed by atoms with van der Waals surface area (Å²) in [6.45, 7) is 1.11. The molecule has 214 valence electrons. The molecular formula is C27H30ClN3O7S2. The van der Waals surface area contributed by atoms with E-state index in [0.29, 0.717) is 37.5 Å². The van der Waals surface area contributed by atoms with E-state index in [1.165, 1.54) is 29.6 Å². The van der Waals surface area contributed by atoms with Crippen molar-refractivity contribution in [3.05, 3.63) is 77.3 Å². The minimum atomic E-state index is -3.90. The quantitative estimate of drug-likeness (QED) is 0.321. The molecule has 1 heterocycles. The SMILES string of the molecule is COc1ccc(NS(=O)(=O)c2ccc(OCC(=O)NCCc3ccc(S(=O)(=O)N4CCCC4)cc3)c(Cl)c2)cc1. The molecule has 0 bridgehead atoms. The zero-order chi connectivity index (χ0) is 28.8. The second-order valence-corrected chi connectivity index (χ2v) is 13.1. The van der Waals surface area contributed by atoms with Crippen LogP contribution in [0.15, 0.2) is 76.5 Å². The van der Waals surface area contributed by atoms with Crippen LogP contribution in [0.3, 0.4) is 0 Å². The fraction of sp³-hybridized carbons (Fsp3) is 0.296. The number of rotatable bonds is 12. The largest absolute Gasteiger partial charge is 0.497 e. The van der Waals surface area contributed by atoms with Gasteiger partial charge in [-0.15, -0.1) is 0 Å². The highest BCUT2D eigenvalue weighted by molar-refractivity contribution is 7.92. The van der Waals surface area contributed by atoms with Crippen LogP contribution < -0.4 is 19.5 Å². The summed E-state index contributed by atoms with van der Waals surface area (Å²) in [5, 5.41) is 2.77. The average molecular weight is 608 g/mol. The van der Waals surface area contributed by atoms with Crippen LogP contribution in [0.5, 0.6) is 11.5 Å². The minimum absolute atomic E-state index is 0.0365. The zero-order valence-electron chi connectivity index (χ0n) is 21.8. The van der Waals surface area contributed by atoms with E-state index in [0.717, 1.165) is 18.4 Å². The molecular weight excluding hydrogens is 578 g/mol. The maximum absolute atomic E-state index is 12.7. The van der Waals surface area contributed by atoms with E-state index in [4.69, 9.17) is 21.1 Å². The lowest BCUT2D eigenvalue weighted by molar-refractivity contribution is -0.123. The number of sulfonamides is 2. The topological polar surface area (TPSA) is 131 Å². The van der Waals surface area contributed by atoms with Gasteiger partial charge in [-0.1, -0.05) is 23.7 Å². The number of carbonyl (C=O) groups is 1. The number of anilines is 1. The lowest BCUT2D eigenvalue weighted by Gasteiger charge is -2.15. The highest BCUT2D eigenvalue weighted by Crippen LogP contribution is 2.28. The molecule has 3 aromatic rings. The van der Waals surface area contributed by atoms with E-state index in [9.17, 15) is 21.6 Å². The van der Waals surface area contributed by atoms with Crippen LogP contribution in [-0.2, 0) is 31.3 Å². The third-order valence-corrected chi connectivity index (χ3v) is 9.86. The molecule has 13 heteroatoms. The average Bonchev–Trinajstić information content (AvgIpc) is 3.49. The predicted molar refractivity (Wildman–Crippen MR) is 152 cm³/mol. The van der Waals surface area contributed by atoms with Crippen molar-refractivity contribution < 1.29 is 31.1 Å². The number of nitrogens with zero attached hydrogens (tertiary/aromatic N) is 1. The molecule has 0 radical (unpaired) electrons. The molecule has 40 heavy (non-hydrogen) atoms. The van der Waals surface area contributed by atoms with Gasteiger partial charge in [-0.2, -0.15) is 4.31 Å². The number of halogens is 1. The molecule has 1 saturated heterocycles. The maximum Gasteiger partial charge on any atom is 0.261 e. The first-order valence-electron chi connectivity index (χ1n) is 12.5. The molecule has 0 spiro atoms. The number of hydrogen-bond acceptors (Lipinski definition) is 7. The summed E-state index contributed by atoms with van der Waals surface area (Å²) in [7, 11) is -5.85. The Morgan fingerprint density at radius 1 is 0.925 bits per heavy atom. The summed E-state index contributed by atoms with van der Waals surface area (Å²) in [4.78, 5) is 12.4. The van der Waals surface area contributed by atoms with Crippen LogP contribution in [0.4, 0.5) is 5.69 Å². The lowest BCUT2D eigenvalue weighted by atomic mass is 10.1. The van der Waals surface area contributed by atoms with Crippen molar-refractivity contribution in [1.29, 1.82) is 0 Å². The van der Waals surface area contributed by atoms with Crippen LogP contribution in [-0.4, -0.2) is 60.4 Å². The fourth-order valence-corrected chi connectivity index (χ4v) is 6.99. The van der Waals surface area contributed by atoms with E-state index in [1.54, 1.807) is 48.5 Å². The number of methoxy groups -OCH3 is 1. The second-order valence-electron chi connectivity index (χ2n) is 9.07. The summed E-state index contributed by atoms with van der Waals surface area (Å²) in [6.07, 6.45) is 2.26. The number of benzene rings is 3. The smallest absolute Gasteiger partial charge is 0.261 e. The Bertz CT molecular complexity index is 1540. The summed E-state index contributed by atoms with van der Waals surface area (Å²) in [6, 6.07) is 17.0. The first kappa shape index (κ1) is 29.7. The molecule has 0 atom stereocenters. The van der Waals surface area contributed by atoms with E-state index >= 15 is 0 Å². The van der Waals surface area contributed by atoms with Crippen LogP contribution >= 0.6 is 11.6 Å². The molecule has 3 aromatic carbocycles. The minimum Gasteiger partial charge on any atom is -0.497 e. The highest BCUT2D eigenvalue weighted by atomic mass is 35.5. The normalized spacial score (nSPS) is 14.1. The van der Waals surface area contributed by atoms with E-state index in [2.05, 4.69) is 10.0 Å². The van der Waals surface area contributed by atoms with Crippen molar-refractivity contribution in [1.82, 2.24) is 9.62 Å². The van der Waals surface area contributed by atoms with Gasteiger partial charge in [0.15, 0.2) is 6.61 Å². The van der Waals surface area contributed by atoms with Crippen molar-refractivity contribution in [2.24, 2.45) is 0 Å². The van der Waals surface area contributed by atoms with Crippen LogP contribution in [0.2, 0.25) is 5.02 Å². The molecule has 2 N–H and O–H groups in total. The monoisotopic (exact) mass is 607 g/mol. The van der Waals surface area contributed by atoms with Crippen molar-refractivity contribution in [2.45, 2.75) is 29.1 Å². The van der Waals surface area contributed by atoms with Gasteiger partial charge in [-0.25, -0.2) is 16.8 Å². The summed E-state index contributed by atoms with van der Waals surface area (Å²) < 4.78 is 65.2. The van der Waals surface area contributed by atoms with Gasteiger partial charge < -0.3 is 14.8 Å². The molecule has 1 aliphatic heterocycles. The van der Waals surface area contributed by atoms with Gasteiger partial charge in [0.2, 0.25) is 10.0 Å². The number of carbonyl (C=O) groups excluding carboxylic acids is 1. The van der Waals surface area contributed by atoms with Gasteiger partial charge in [-0.3, -0.25) is 9.52 Å². The van der Waals surface area contributed by atoms with Gasteiger partial charge in [-0.05, 0) is 79.4 Å². The zero-order valence-corrected chi connectivity index (χ0v) is 24.2. The third-order valence-electron chi connectivity index (χ3n) is 6.28. The van der Waals surface area contributed by atoms with Gasteiger partial charge >= 0.3 is 0 Å². The molecule has 0 aliphatic carbocycles. The maximum atomic E-state index is 12.7. The second kappa shape index (κ2) is 12.9. The number of hydrogen-bond donors (Lipinski definition) is 2. The van der Waals surface area contributed by atoms with Gasteiger partial charge in [0.25, 0.3) is 15.9 Å². The Morgan fingerprint density at radius 2 is 1.57 bits per heavy atom. The predicted octanol–water partition coefficient (Wildman–Crippen LogP) is 3.67.